The van der Waals surface area contributed by atoms with Crippen LogP contribution in [0, 0.1) is 28.6 Å². The normalized spacial score (nSPS) is 20.8. The van der Waals surface area contributed by atoms with Gasteiger partial charge in [0.05, 0.1) is 18.8 Å². The molecule has 1 aromatic carbocycles. The number of anilines is 1. The van der Waals surface area contributed by atoms with Gasteiger partial charge in [0.25, 0.3) is 0 Å². The maximum Gasteiger partial charge on any atom is 0.229 e. The first kappa shape index (κ1) is 20.0. The summed E-state index contributed by atoms with van der Waals surface area (Å²) < 4.78 is 11.4. The highest BCUT2D eigenvalue weighted by molar-refractivity contribution is 5.99. The van der Waals surface area contributed by atoms with E-state index in [1.165, 1.54) is 0 Å². The SMILES string of the molecule is CC(=N)[C@@H]1C[C@H]1C(=O)Nc1cc(-c2ccc(OC3CCOCC3)c(C#N)c2)ccn1. The molecule has 1 aliphatic carbocycles. The molecule has 2 fully saturated rings. The molecule has 30 heavy (non-hydrogen) atoms. The summed E-state index contributed by atoms with van der Waals surface area (Å²) in [6.45, 7) is 3.09. The Labute approximate surface area is 175 Å². The maximum atomic E-state index is 12.4. The van der Waals surface area contributed by atoms with Crippen molar-refractivity contribution >= 4 is 17.4 Å². The molecule has 1 saturated carbocycles. The third kappa shape index (κ3) is 4.50. The van der Waals surface area contributed by atoms with Gasteiger partial charge in [0.1, 0.15) is 23.7 Å². The Balaban J connectivity index is 1.48. The third-order valence-corrected chi connectivity index (χ3v) is 5.59. The Kier molecular flexibility index (Phi) is 5.77. The highest BCUT2D eigenvalue weighted by Crippen LogP contribution is 2.40. The van der Waals surface area contributed by atoms with Gasteiger partial charge in [0.2, 0.25) is 5.91 Å². The van der Waals surface area contributed by atoms with E-state index in [0.29, 0.717) is 36.1 Å². The molecule has 0 radical (unpaired) electrons. The van der Waals surface area contributed by atoms with Crippen LogP contribution in [0.5, 0.6) is 5.75 Å². The van der Waals surface area contributed by atoms with E-state index in [2.05, 4.69) is 16.4 Å². The molecule has 0 bridgehead atoms. The van der Waals surface area contributed by atoms with Crippen LogP contribution in [0.3, 0.4) is 0 Å². The standard InChI is InChI=1S/C23H24N4O3/c1-14(25)19-12-20(19)23(28)27-22-11-16(4-7-26-22)15-2-3-21(17(10-15)13-24)30-18-5-8-29-9-6-18/h2-4,7,10-11,18-20,25H,5-6,8-9,12H2,1H3,(H,26,27,28)/t19-,20+/m0/s1. The first-order valence-electron chi connectivity index (χ1n) is 10.2. The Morgan fingerprint density at radius 3 is 2.70 bits per heavy atom. The number of hydrogen-bond donors (Lipinski definition) is 2. The zero-order chi connectivity index (χ0) is 21.1. The molecular formula is C23H24N4O3. The van der Waals surface area contributed by atoms with Gasteiger partial charge in [-0.15, -0.1) is 0 Å². The van der Waals surface area contributed by atoms with Gasteiger partial charge in [-0.2, -0.15) is 5.26 Å². The van der Waals surface area contributed by atoms with Crippen molar-refractivity contribution in [3.63, 3.8) is 0 Å². The van der Waals surface area contributed by atoms with Crippen LogP contribution < -0.4 is 10.1 Å². The van der Waals surface area contributed by atoms with E-state index in [9.17, 15) is 10.1 Å². The van der Waals surface area contributed by atoms with E-state index < -0.39 is 0 Å². The molecule has 1 saturated heterocycles. The third-order valence-electron chi connectivity index (χ3n) is 5.59. The number of benzene rings is 1. The number of rotatable bonds is 6. The van der Waals surface area contributed by atoms with Crippen molar-refractivity contribution in [3.8, 4) is 22.9 Å². The lowest BCUT2D eigenvalue weighted by molar-refractivity contribution is -0.117. The maximum absolute atomic E-state index is 12.4. The predicted octanol–water partition coefficient (Wildman–Crippen LogP) is 3.79. The fourth-order valence-corrected chi connectivity index (χ4v) is 3.73. The number of nitrogens with zero attached hydrogens (tertiary/aromatic N) is 2. The summed E-state index contributed by atoms with van der Waals surface area (Å²) in [7, 11) is 0. The number of ether oxygens (including phenoxy) is 2. The molecule has 154 valence electrons. The monoisotopic (exact) mass is 404 g/mol. The van der Waals surface area contributed by atoms with Crippen LogP contribution in [0.4, 0.5) is 5.82 Å². The van der Waals surface area contributed by atoms with Crippen LogP contribution in [0.25, 0.3) is 11.1 Å². The highest BCUT2D eigenvalue weighted by atomic mass is 16.5. The molecule has 1 amide bonds. The lowest BCUT2D eigenvalue weighted by Gasteiger charge is -2.23. The molecule has 7 nitrogen and oxygen atoms in total. The summed E-state index contributed by atoms with van der Waals surface area (Å²) in [5.41, 5.74) is 2.72. The Morgan fingerprint density at radius 1 is 1.23 bits per heavy atom. The van der Waals surface area contributed by atoms with Gasteiger partial charge in [0.15, 0.2) is 0 Å². The summed E-state index contributed by atoms with van der Waals surface area (Å²) in [6, 6.07) is 11.4. The zero-order valence-electron chi connectivity index (χ0n) is 16.9. The molecule has 1 aromatic heterocycles. The summed E-state index contributed by atoms with van der Waals surface area (Å²) in [6.07, 6.45) is 4.06. The Morgan fingerprint density at radius 2 is 2.00 bits per heavy atom. The van der Waals surface area contributed by atoms with Crippen molar-refractivity contribution in [2.75, 3.05) is 18.5 Å². The minimum Gasteiger partial charge on any atom is -0.489 e. The number of carbonyl (C=O) groups is 1. The van der Waals surface area contributed by atoms with Crippen LogP contribution >= 0.6 is 0 Å². The number of amides is 1. The largest absolute Gasteiger partial charge is 0.489 e. The van der Waals surface area contributed by atoms with Crippen molar-refractivity contribution in [2.45, 2.75) is 32.3 Å². The lowest BCUT2D eigenvalue weighted by Crippen LogP contribution is -2.26. The Hall–Kier alpha value is -3.24. The van der Waals surface area contributed by atoms with Crippen molar-refractivity contribution in [1.29, 1.82) is 10.7 Å². The second-order valence-electron chi connectivity index (χ2n) is 7.80. The molecule has 2 atom stereocenters. The molecule has 2 aliphatic rings. The number of pyridine rings is 1. The molecule has 1 aliphatic heterocycles. The number of hydrogen-bond acceptors (Lipinski definition) is 6. The number of aromatic nitrogens is 1. The van der Waals surface area contributed by atoms with Crippen LogP contribution in [0.15, 0.2) is 36.5 Å². The van der Waals surface area contributed by atoms with Gasteiger partial charge in [-0.1, -0.05) is 6.07 Å². The van der Waals surface area contributed by atoms with Gasteiger partial charge >= 0.3 is 0 Å². The van der Waals surface area contributed by atoms with E-state index in [4.69, 9.17) is 14.9 Å². The zero-order valence-corrected chi connectivity index (χ0v) is 16.9. The Bertz CT molecular complexity index is 1010. The summed E-state index contributed by atoms with van der Waals surface area (Å²) in [5.74, 6) is 0.855. The van der Waals surface area contributed by atoms with Crippen LogP contribution in [-0.4, -0.2) is 35.9 Å². The average Bonchev–Trinajstić information content (AvgIpc) is 3.56. The first-order chi connectivity index (χ1) is 14.5. The van der Waals surface area contributed by atoms with Crippen LogP contribution in [0.2, 0.25) is 0 Å². The predicted molar refractivity (Wildman–Crippen MR) is 112 cm³/mol. The molecule has 0 spiro atoms. The second kappa shape index (κ2) is 8.64. The number of nitriles is 1. The minimum absolute atomic E-state index is 0.0506. The van der Waals surface area contributed by atoms with Crippen molar-refractivity contribution in [1.82, 2.24) is 4.98 Å². The van der Waals surface area contributed by atoms with Gasteiger partial charge in [0, 0.05) is 36.6 Å². The van der Waals surface area contributed by atoms with E-state index in [0.717, 1.165) is 30.4 Å². The summed E-state index contributed by atoms with van der Waals surface area (Å²) in [5, 5.41) is 20.1. The van der Waals surface area contributed by atoms with E-state index in [1.54, 1.807) is 25.3 Å². The fraction of sp³-hybridized carbons (Fsp3) is 0.391. The lowest BCUT2D eigenvalue weighted by atomic mass is 10.0. The van der Waals surface area contributed by atoms with Crippen molar-refractivity contribution < 1.29 is 14.3 Å². The topological polar surface area (TPSA) is 108 Å². The molecule has 2 heterocycles. The van der Waals surface area contributed by atoms with Crippen LogP contribution in [-0.2, 0) is 9.53 Å². The van der Waals surface area contributed by atoms with Gasteiger partial charge in [-0.25, -0.2) is 4.98 Å². The quantitative estimate of drug-likeness (QED) is 0.712. The van der Waals surface area contributed by atoms with E-state index >= 15 is 0 Å². The summed E-state index contributed by atoms with van der Waals surface area (Å²) in [4.78, 5) is 16.6. The van der Waals surface area contributed by atoms with Crippen molar-refractivity contribution in [3.05, 3.63) is 42.1 Å². The molecule has 2 N–H and O–H groups in total. The first-order valence-corrected chi connectivity index (χ1v) is 10.2. The van der Waals surface area contributed by atoms with Gasteiger partial charge in [-0.3, -0.25) is 4.79 Å². The molecule has 0 unspecified atom stereocenters. The highest BCUT2D eigenvalue weighted by Gasteiger charge is 2.44. The molecular weight excluding hydrogens is 380 g/mol. The van der Waals surface area contributed by atoms with Crippen LogP contribution in [0.1, 0.15) is 31.7 Å². The van der Waals surface area contributed by atoms with Gasteiger partial charge < -0.3 is 20.2 Å². The number of nitrogens with one attached hydrogen (secondary N) is 2. The fourth-order valence-electron chi connectivity index (χ4n) is 3.73. The van der Waals surface area contributed by atoms with Crippen molar-refractivity contribution in [2.24, 2.45) is 11.8 Å². The molecule has 2 aromatic rings. The molecule has 4 rings (SSSR count). The number of carbonyl (C=O) groups excluding carboxylic acids is 1. The smallest absolute Gasteiger partial charge is 0.229 e. The average molecular weight is 404 g/mol. The summed E-state index contributed by atoms with van der Waals surface area (Å²) >= 11 is 0. The second-order valence-corrected chi connectivity index (χ2v) is 7.80. The van der Waals surface area contributed by atoms with E-state index in [1.807, 2.05) is 18.2 Å². The molecule has 7 heteroatoms. The minimum atomic E-state index is -0.139. The van der Waals surface area contributed by atoms with E-state index in [-0.39, 0.29) is 23.8 Å². The van der Waals surface area contributed by atoms with Gasteiger partial charge in [-0.05, 0) is 48.7 Å².